The van der Waals surface area contributed by atoms with Crippen molar-refractivity contribution in [3.8, 4) is 0 Å². The number of hydrogen-bond donors (Lipinski definition) is 0. The van der Waals surface area contributed by atoms with E-state index in [9.17, 15) is 14.0 Å². The van der Waals surface area contributed by atoms with Gasteiger partial charge >= 0.3 is 0 Å². The molecule has 5 nitrogen and oxygen atoms in total. The van der Waals surface area contributed by atoms with Gasteiger partial charge in [0.2, 0.25) is 5.91 Å². The lowest BCUT2D eigenvalue weighted by atomic mass is 10.2. The van der Waals surface area contributed by atoms with E-state index < -0.39 is 0 Å². The van der Waals surface area contributed by atoms with Crippen LogP contribution in [0.4, 0.5) is 10.1 Å². The second-order valence-corrected chi connectivity index (χ2v) is 7.29. The minimum Gasteiger partial charge on any atom is -0.337 e. The number of carbonyl (C=O) groups is 2. The fourth-order valence-electron chi connectivity index (χ4n) is 4.13. The highest BCUT2D eigenvalue weighted by molar-refractivity contribution is 5.99. The molecule has 2 aliphatic rings. The number of anilines is 1. The van der Waals surface area contributed by atoms with Crippen LogP contribution in [0.2, 0.25) is 0 Å². The number of amides is 2. The Labute approximate surface area is 164 Å². The lowest BCUT2D eigenvalue weighted by Crippen LogP contribution is -2.44. The minimum atomic E-state index is -0.369. The predicted molar refractivity (Wildman–Crippen MR) is 106 cm³/mol. The summed E-state index contributed by atoms with van der Waals surface area (Å²) in [6.07, 6.45) is 1.50. The van der Waals surface area contributed by atoms with Crippen molar-refractivity contribution in [2.45, 2.75) is 18.9 Å². The van der Waals surface area contributed by atoms with Crippen molar-refractivity contribution >= 4 is 17.5 Å². The summed E-state index contributed by atoms with van der Waals surface area (Å²) < 4.78 is 14.1. The maximum absolute atomic E-state index is 14.1. The molecule has 1 atom stereocenters. The molecule has 1 unspecified atom stereocenters. The highest BCUT2D eigenvalue weighted by Gasteiger charge is 2.38. The number of nitrogens with zero attached hydrogens (tertiary/aromatic N) is 3. The smallest absolute Gasteiger partial charge is 0.253 e. The zero-order chi connectivity index (χ0) is 19.5. The van der Waals surface area contributed by atoms with Crippen molar-refractivity contribution < 1.29 is 14.0 Å². The molecule has 2 saturated heterocycles. The topological polar surface area (TPSA) is 43.9 Å². The average Bonchev–Trinajstić information content (AvgIpc) is 2.94. The van der Waals surface area contributed by atoms with Crippen molar-refractivity contribution in [1.29, 1.82) is 0 Å². The van der Waals surface area contributed by atoms with Gasteiger partial charge in [-0.15, -0.1) is 0 Å². The van der Waals surface area contributed by atoms with Gasteiger partial charge in [-0.3, -0.25) is 14.5 Å². The molecule has 2 aromatic rings. The first-order chi connectivity index (χ1) is 13.6. The summed E-state index contributed by atoms with van der Waals surface area (Å²) in [7, 11) is 0. The molecule has 0 radical (unpaired) electrons. The van der Waals surface area contributed by atoms with Gasteiger partial charge in [-0.05, 0) is 37.1 Å². The van der Waals surface area contributed by atoms with E-state index in [-0.39, 0.29) is 23.7 Å². The van der Waals surface area contributed by atoms with Crippen LogP contribution in [-0.4, -0.2) is 60.4 Å². The third-order valence-electron chi connectivity index (χ3n) is 5.60. The summed E-state index contributed by atoms with van der Waals surface area (Å²) in [6, 6.07) is 15.5. The predicted octanol–water partition coefficient (Wildman–Crippen LogP) is 2.78. The van der Waals surface area contributed by atoms with Crippen LogP contribution in [0.5, 0.6) is 0 Å². The Kier molecular flexibility index (Phi) is 5.39. The quantitative estimate of drug-likeness (QED) is 0.821. The van der Waals surface area contributed by atoms with E-state index in [1.54, 1.807) is 23.1 Å². The number of hydrogen-bond acceptors (Lipinski definition) is 3. The molecule has 2 fully saturated rings. The Hall–Kier alpha value is -2.73. The third-order valence-corrected chi connectivity index (χ3v) is 5.60. The van der Waals surface area contributed by atoms with E-state index in [1.807, 2.05) is 35.2 Å². The van der Waals surface area contributed by atoms with Gasteiger partial charge in [-0.25, -0.2) is 4.39 Å². The number of para-hydroxylation sites is 1. The molecule has 0 saturated carbocycles. The van der Waals surface area contributed by atoms with Gasteiger partial charge in [0.05, 0.1) is 11.7 Å². The molecule has 0 aromatic heterocycles. The Balaban J connectivity index is 1.42. The van der Waals surface area contributed by atoms with Crippen molar-refractivity contribution in [3.05, 3.63) is 66.0 Å². The summed E-state index contributed by atoms with van der Waals surface area (Å²) in [5.41, 5.74) is 1.05. The normalized spacial score (nSPS) is 21.0. The van der Waals surface area contributed by atoms with Crippen LogP contribution in [0.25, 0.3) is 0 Å². The maximum atomic E-state index is 14.1. The van der Waals surface area contributed by atoms with Gasteiger partial charge in [0, 0.05) is 38.3 Å². The molecular weight excluding hydrogens is 357 g/mol. The molecular formula is C22H24FN3O2. The van der Waals surface area contributed by atoms with Crippen LogP contribution in [0.3, 0.4) is 0 Å². The Bertz CT molecular complexity index is 858. The molecule has 28 heavy (non-hydrogen) atoms. The van der Waals surface area contributed by atoms with E-state index in [0.29, 0.717) is 43.9 Å². The number of halogens is 1. The average molecular weight is 381 g/mol. The third kappa shape index (κ3) is 3.64. The second kappa shape index (κ2) is 8.10. The van der Waals surface area contributed by atoms with Gasteiger partial charge in [0.25, 0.3) is 5.91 Å². The van der Waals surface area contributed by atoms with E-state index >= 15 is 0 Å². The summed E-state index contributed by atoms with van der Waals surface area (Å²) in [5.74, 6) is -0.381. The maximum Gasteiger partial charge on any atom is 0.253 e. The van der Waals surface area contributed by atoms with Crippen LogP contribution < -0.4 is 4.90 Å². The van der Waals surface area contributed by atoms with E-state index in [4.69, 9.17) is 0 Å². The number of benzene rings is 2. The van der Waals surface area contributed by atoms with Gasteiger partial charge < -0.3 is 9.80 Å². The van der Waals surface area contributed by atoms with E-state index in [0.717, 1.165) is 13.0 Å². The molecule has 6 heteroatoms. The zero-order valence-corrected chi connectivity index (χ0v) is 15.8. The second-order valence-electron chi connectivity index (χ2n) is 7.29. The fraction of sp³-hybridized carbons (Fsp3) is 0.364. The number of rotatable bonds is 3. The van der Waals surface area contributed by atoms with Crippen molar-refractivity contribution in [1.82, 2.24) is 9.80 Å². The fourth-order valence-corrected chi connectivity index (χ4v) is 4.13. The zero-order valence-electron chi connectivity index (χ0n) is 15.8. The van der Waals surface area contributed by atoms with Crippen molar-refractivity contribution in [2.24, 2.45) is 0 Å². The monoisotopic (exact) mass is 381 g/mol. The highest BCUT2D eigenvalue weighted by Crippen LogP contribution is 2.27. The molecule has 2 heterocycles. The van der Waals surface area contributed by atoms with E-state index in [1.165, 1.54) is 6.07 Å². The lowest BCUT2D eigenvalue weighted by molar-refractivity contribution is -0.121. The largest absolute Gasteiger partial charge is 0.337 e. The molecule has 0 aliphatic carbocycles. The summed E-state index contributed by atoms with van der Waals surface area (Å²) in [4.78, 5) is 31.2. The Morgan fingerprint density at radius 3 is 2.43 bits per heavy atom. The first-order valence-corrected chi connectivity index (χ1v) is 9.79. The molecule has 2 amide bonds. The molecule has 146 valence electrons. The van der Waals surface area contributed by atoms with Gasteiger partial charge in [0.15, 0.2) is 0 Å². The number of carbonyl (C=O) groups excluding carboxylic acids is 2. The van der Waals surface area contributed by atoms with Crippen LogP contribution in [0, 0.1) is 5.82 Å². The highest BCUT2D eigenvalue weighted by atomic mass is 19.1. The van der Waals surface area contributed by atoms with Crippen LogP contribution >= 0.6 is 0 Å². The molecule has 0 N–H and O–H groups in total. The van der Waals surface area contributed by atoms with Gasteiger partial charge in [-0.2, -0.15) is 0 Å². The minimum absolute atomic E-state index is 0.0354. The molecule has 2 aromatic carbocycles. The SMILES string of the molecule is O=C(c1ccccc1)N1CCCN(C2CCN(c3ccccc3F)C2=O)CC1. The molecule has 2 aliphatic heterocycles. The van der Waals surface area contributed by atoms with Crippen LogP contribution in [-0.2, 0) is 4.79 Å². The summed E-state index contributed by atoms with van der Waals surface area (Å²) in [6.45, 7) is 3.22. The first kappa shape index (κ1) is 18.6. The van der Waals surface area contributed by atoms with Gasteiger partial charge in [0.1, 0.15) is 5.82 Å². The Morgan fingerprint density at radius 2 is 1.64 bits per heavy atom. The van der Waals surface area contributed by atoms with Crippen molar-refractivity contribution in [3.63, 3.8) is 0 Å². The molecule has 4 rings (SSSR count). The van der Waals surface area contributed by atoms with Crippen molar-refractivity contribution in [2.75, 3.05) is 37.6 Å². The van der Waals surface area contributed by atoms with Crippen LogP contribution in [0.15, 0.2) is 54.6 Å². The summed E-state index contributed by atoms with van der Waals surface area (Å²) >= 11 is 0. The summed E-state index contributed by atoms with van der Waals surface area (Å²) in [5, 5.41) is 0. The lowest BCUT2D eigenvalue weighted by Gasteiger charge is -2.26. The van der Waals surface area contributed by atoms with E-state index in [2.05, 4.69) is 4.90 Å². The molecule has 0 bridgehead atoms. The standard InChI is InChI=1S/C22H24FN3O2/c23-18-9-4-5-10-19(18)26-14-11-20(22(26)28)24-12-6-13-25(16-15-24)21(27)17-7-2-1-3-8-17/h1-5,7-10,20H,6,11-16H2. The van der Waals surface area contributed by atoms with Crippen LogP contribution in [0.1, 0.15) is 23.2 Å². The Morgan fingerprint density at radius 1 is 0.893 bits per heavy atom. The first-order valence-electron chi connectivity index (χ1n) is 9.79. The molecule has 0 spiro atoms. The van der Waals surface area contributed by atoms with Gasteiger partial charge in [-0.1, -0.05) is 30.3 Å².